The van der Waals surface area contributed by atoms with Gasteiger partial charge < -0.3 is 5.73 Å². The molecule has 0 bridgehead atoms. The minimum absolute atomic E-state index is 0.147. The Kier molecular flexibility index (Phi) is 3.25. The largest absolute Gasteiger partial charge is 0.368 e. The normalized spacial score (nSPS) is 15.7. The fraction of sp³-hybridized carbons (Fsp3) is 0.231. The van der Waals surface area contributed by atoms with E-state index in [1.807, 2.05) is 0 Å². The number of benzene rings is 1. The first-order chi connectivity index (χ1) is 11.1. The summed E-state index contributed by atoms with van der Waals surface area (Å²) in [6.45, 7) is 0.551. The number of hydrogen-bond acceptors (Lipinski definition) is 8. The molecule has 0 aliphatic carbocycles. The quantitative estimate of drug-likeness (QED) is 0.728. The van der Waals surface area contributed by atoms with E-state index in [2.05, 4.69) is 18.7 Å². The lowest BCUT2D eigenvalue weighted by Crippen LogP contribution is -2.36. The van der Waals surface area contributed by atoms with Crippen molar-refractivity contribution in [1.82, 2.24) is 23.0 Å². The molecule has 3 aromatic rings. The van der Waals surface area contributed by atoms with Gasteiger partial charge in [0.15, 0.2) is 0 Å². The molecule has 0 radical (unpaired) electrons. The molecule has 0 unspecified atom stereocenters. The van der Waals surface area contributed by atoms with Crippen molar-refractivity contribution >= 4 is 38.7 Å². The number of sulfonamides is 1. The molecule has 1 aromatic carbocycles. The predicted octanol–water partition coefficient (Wildman–Crippen LogP) is 0.810. The van der Waals surface area contributed by atoms with Gasteiger partial charge in [-0.05, 0) is 24.1 Å². The van der Waals surface area contributed by atoms with Gasteiger partial charge in [0.1, 0.15) is 15.9 Å². The first-order valence-corrected chi connectivity index (χ1v) is 9.04. The SMILES string of the molecule is Nc1ncc2c(n1)CN(S(=O)(=O)c1cccc3nsnc13)CC2. The minimum atomic E-state index is -3.68. The fourth-order valence-corrected chi connectivity index (χ4v) is 4.78. The van der Waals surface area contributed by atoms with Crippen LogP contribution in [0.25, 0.3) is 11.0 Å². The Labute approximate surface area is 136 Å². The number of anilines is 1. The molecule has 1 aliphatic rings. The Morgan fingerprint density at radius 1 is 1.26 bits per heavy atom. The number of fused-ring (bicyclic) bond motifs is 2. The Morgan fingerprint density at radius 3 is 3.00 bits per heavy atom. The van der Waals surface area contributed by atoms with Gasteiger partial charge in [0.05, 0.1) is 24.0 Å². The summed E-state index contributed by atoms with van der Waals surface area (Å²) >= 11 is 1.00. The number of aromatic nitrogens is 4. The summed E-state index contributed by atoms with van der Waals surface area (Å²) < 4.78 is 35.6. The van der Waals surface area contributed by atoms with E-state index in [1.165, 1.54) is 4.31 Å². The van der Waals surface area contributed by atoms with Crippen LogP contribution in [0.4, 0.5) is 5.95 Å². The van der Waals surface area contributed by atoms with Crippen LogP contribution in [0.3, 0.4) is 0 Å². The van der Waals surface area contributed by atoms with Crippen molar-refractivity contribution in [2.75, 3.05) is 12.3 Å². The highest BCUT2D eigenvalue weighted by molar-refractivity contribution is 7.89. The molecule has 118 valence electrons. The summed E-state index contributed by atoms with van der Waals surface area (Å²) in [6, 6.07) is 4.98. The zero-order valence-electron chi connectivity index (χ0n) is 11.9. The van der Waals surface area contributed by atoms with Gasteiger partial charge in [-0.2, -0.15) is 13.1 Å². The summed E-state index contributed by atoms with van der Waals surface area (Å²) in [4.78, 5) is 8.29. The van der Waals surface area contributed by atoms with Gasteiger partial charge in [0.2, 0.25) is 16.0 Å². The lowest BCUT2D eigenvalue weighted by molar-refractivity contribution is 0.385. The van der Waals surface area contributed by atoms with Crippen molar-refractivity contribution < 1.29 is 8.42 Å². The van der Waals surface area contributed by atoms with Crippen LogP contribution in [-0.4, -0.2) is 38.0 Å². The van der Waals surface area contributed by atoms with E-state index in [0.29, 0.717) is 29.7 Å². The minimum Gasteiger partial charge on any atom is -0.368 e. The van der Waals surface area contributed by atoms with Gasteiger partial charge in [0, 0.05) is 12.7 Å². The molecular weight excluding hydrogens is 336 g/mol. The molecule has 3 heterocycles. The summed E-state index contributed by atoms with van der Waals surface area (Å²) in [5.74, 6) is 0.147. The molecule has 0 amide bonds. The van der Waals surface area contributed by atoms with E-state index in [9.17, 15) is 8.42 Å². The van der Waals surface area contributed by atoms with E-state index in [1.54, 1.807) is 24.4 Å². The molecule has 23 heavy (non-hydrogen) atoms. The topological polar surface area (TPSA) is 115 Å². The lowest BCUT2D eigenvalue weighted by atomic mass is 10.1. The number of nitrogens with two attached hydrogens (primary N) is 1. The van der Waals surface area contributed by atoms with Gasteiger partial charge in [0.25, 0.3) is 0 Å². The third kappa shape index (κ3) is 2.35. The van der Waals surface area contributed by atoms with Crippen molar-refractivity contribution in [1.29, 1.82) is 0 Å². The van der Waals surface area contributed by atoms with Crippen molar-refractivity contribution in [3.05, 3.63) is 35.7 Å². The molecule has 0 atom stereocenters. The molecule has 1 aliphatic heterocycles. The number of hydrogen-bond donors (Lipinski definition) is 1. The molecule has 2 N–H and O–H groups in total. The summed E-state index contributed by atoms with van der Waals surface area (Å²) in [5, 5.41) is 0. The molecular formula is C13H12N6O2S2. The van der Waals surface area contributed by atoms with Crippen LogP contribution in [0.2, 0.25) is 0 Å². The molecule has 10 heteroatoms. The number of nitrogens with zero attached hydrogens (tertiary/aromatic N) is 5. The van der Waals surface area contributed by atoms with Crippen LogP contribution in [0.1, 0.15) is 11.3 Å². The standard InChI is InChI=1S/C13H12N6O2S2/c14-13-15-6-8-4-5-19(7-10(8)16-13)23(20,21)11-3-1-2-9-12(11)18-22-17-9/h1-3,6H,4-5,7H2,(H2,14,15,16). The summed E-state index contributed by atoms with van der Waals surface area (Å²) in [6.07, 6.45) is 2.22. The Bertz CT molecular complexity index is 1000. The molecule has 0 spiro atoms. The monoisotopic (exact) mass is 348 g/mol. The predicted molar refractivity (Wildman–Crippen MR) is 85.2 cm³/mol. The van der Waals surface area contributed by atoms with E-state index in [-0.39, 0.29) is 17.4 Å². The average Bonchev–Trinajstić information content (AvgIpc) is 3.02. The van der Waals surface area contributed by atoms with Crippen molar-refractivity contribution in [2.24, 2.45) is 0 Å². The van der Waals surface area contributed by atoms with Gasteiger partial charge in [-0.1, -0.05) is 6.07 Å². The third-order valence-corrected chi connectivity index (χ3v) is 6.22. The maximum absolute atomic E-state index is 13.0. The Morgan fingerprint density at radius 2 is 2.13 bits per heavy atom. The second kappa shape index (κ2) is 5.18. The van der Waals surface area contributed by atoms with Crippen LogP contribution >= 0.6 is 11.7 Å². The van der Waals surface area contributed by atoms with E-state index in [4.69, 9.17) is 5.73 Å². The van der Waals surface area contributed by atoms with Gasteiger partial charge in [-0.3, -0.25) is 0 Å². The molecule has 0 saturated carbocycles. The highest BCUT2D eigenvalue weighted by atomic mass is 32.2. The van der Waals surface area contributed by atoms with Crippen LogP contribution in [-0.2, 0) is 23.0 Å². The highest BCUT2D eigenvalue weighted by Gasteiger charge is 2.31. The smallest absolute Gasteiger partial charge is 0.245 e. The molecule has 2 aromatic heterocycles. The second-order valence-corrected chi connectivity index (χ2v) is 7.61. The lowest BCUT2D eigenvalue weighted by Gasteiger charge is -2.27. The summed E-state index contributed by atoms with van der Waals surface area (Å²) in [5.41, 5.74) is 8.17. The maximum Gasteiger partial charge on any atom is 0.245 e. The van der Waals surface area contributed by atoms with Gasteiger partial charge >= 0.3 is 0 Å². The van der Waals surface area contributed by atoms with E-state index >= 15 is 0 Å². The zero-order chi connectivity index (χ0) is 16.0. The summed E-state index contributed by atoms with van der Waals surface area (Å²) in [7, 11) is -3.68. The number of rotatable bonds is 2. The van der Waals surface area contributed by atoms with E-state index < -0.39 is 10.0 Å². The first kappa shape index (κ1) is 14.4. The first-order valence-electron chi connectivity index (χ1n) is 6.87. The van der Waals surface area contributed by atoms with Gasteiger partial charge in [-0.15, -0.1) is 0 Å². The third-order valence-electron chi connectivity index (χ3n) is 3.80. The number of nitrogen functional groups attached to an aromatic ring is 1. The molecule has 0 saturated heterocycles. The molecule has 8 nitrogen and oxygen atoms in total. The van der Waals surface area contributed by atoms with Crippen LogP contribution < -0.4 is 5.73 Å². The van der Waals surface area contributed by atoms with Crippen LogP contribution in [0.15, 0.2) is 29.3 Å². The average molecular weight is 348 g/mol. The van der Waals surface area contributed by atoms with Crippen LogP contribution in [0.5, 0.6) is 0 Å². The Balaban J connectivity index is 1.77. The van der Waals surface area contributed by atoms with Crippen molar-refractivity contribution in [2.45, 2.75) is 17.9 Å². The maximum atomic E-state index is 13.0. The van der Waals surface area contributed by atoms with Gasteiger partial charge in [-0.25, -0.2) is 18.4 Å². The second-order valence-electron chi connectivity index (χ2n) is 5.18. The van der Waals surface area contributed by atoms with Crippen LogP contribution in [0, 0.1) is 0 Å². The Hall–Kier alpha value is -2.17. The fourth-order valence-electron chi connectivity index (χ4n) is 2.63. The molecule has 4 rings (SSSR count). The van der Waals surface area contributed by atoms with Crippen molar-refractivity contribution in [3.63, 3.8) is 0 Å². The zero-order valence-corrected chi connectivity index (χ0v) is 13.5. The highest BCUT2D eigenvalue weighted by Crippen LogP contribution is 2.28. The molecule has 0 fully saturated rings. The van der Waals surface area contributed by atoms with Crippen molar-refractivity contribution in [3.8, 4) is 0 Å². The van der Waals surface area contributed by atoms with E-state index in [0.717, 1.165) is 17.3 Å².